The van der Waals surface area contributed by atoms with Gasteiger partial charge in [0.25, 0.3) is 6.47 Å². The summed E-state index contributed by atoms with van der Waals surface area (Å²) in [7, 11) is 0. The lowest BCUT2D eigenvalue weighted by atomic mass is 10.1. The predicted octanol–water partition coefficient (Wildman–Crippen LogP) is 2.45. The molecule has 1 rings (SSSR count). The second kappa shape index (κ2) is 11.7. The zero-order valence-corrected chi connectivity index (χ0v) is 9.64. The molecule has 0 unspecified atom stereocenters. The molecule has 90 valence electrons. The van der Waals surface area contributed by atoms with Crippen LogP contribution in [0.5, 0.6) is 0 Å². The Bertz CT molecular complexity index is 249. The third-order valence-corrected chi connectivity index (χ3v) is 2.26. The number of hydrogen-bond donors (Lipinski definition) is 2. The van der Waals surface area contributed by atoms with Gasteiger partial charge in [-0.1, -0.05) is 43.2 Å². The fraction of sp³-hybridized carbons (Fsp3) is 0.462. The van der Waals surface area contributed by atoms with Crippen molar-refractivity contribution in [1.82, 2.24) is 0 Å². The molecule has 0 aromatic heterocycles. The number of carbonyl (C=O) groups is 1. The molecule has 3 nitrogen and oxygen atoms in total. The van der Waals surface area contributed by atoms with Crippen molar-refractivity contribution in [3.8, 4) is 0 Å². The van der Waals surface area contributed by atoms with Crippen molar-refractivity contribution in [3.63, 3.8) is 0 Å². The fourth-order valence-electron chi connectivity index (χ4n) is 1.47. The molecule has 0 aliphatic carbocycles. The minimum atomic E-state index is -0.250. The lowest BCUT2D eigenvalue weighted by Crippen LogP contribution is -1.97. The van der Waals surface area contributed by atoms with E-state index in [4.69, 9.17) is 15.6 Å². The second-order valence-electron chi connectivity index (χ2n) is 3.54. The first-order valence-electron chi connectivity index (χ1n) is 5.67. The first kappa shape index (κ1) is 14.6. The molecule has 16 heavy (non-hydrogen) atoms. The van der Waals surface area contributed by atoms with Gasteiger partial charge in [-0.05, 0) is 31.4 Å². The van der Waals surface area contributed by atoms with Crippen molar-refractivity contribution in [2.75, 3.05) is 6.54 Å². The predicted molar refractivity (Wildman–Crippen MR) is 66.4 cm³/mol. The van der Waals surface area contributed by atoms with Crippen LogP contribution in [0.1, 0.15) is 31.2 Å². The number of benzene rings is 1. The topological polar surface area (TPSA) is 63.3 Å². The standard InChI is InChI=1S/C12H19N.CH2O2/c13-11-7-2-1-4-8-12-9-5-3-6-10-12;2-1-3/h3,5-6,9-10H,1-2,4,7-8,11,13H2;1H,(H,2,3). The molecule has 0 radical (unpaired) electrons. The van der Waals surface area contributed by atoms with Gasteiger partial charge in [-0.3, -0.25) is 4.79 Å². The monoisotopic (exact) mass is 223 g/mol. The quantitative estimate of drug-likeness (QED) is 0.575. The Kier molecular flexibility index (Phi) is 10.7. The van der Waals surface area contributed by atoms with Gasteiger partial charge in [0.05, 0.1) is 0 Å². The minimum Gasteiger partial charge on any atom is -0.483 e. The molecule has 1 aromatic carbocycles. The van der Waals surface area contributed by atoms with E-state index >= 15 is 0 Å². The van der Waals surface area contributed by atoms with Crippen molar-refractivity contribution in [1.29, 1.82) is 0 Å². The lowest BCUT2D eigenvalue weighted by molar-refractivity contribution is -0.122. The van der Waals surface area contributed by atoms with Crippen molar-refractivity contribution in [3.05, 3.63) is 35.9 Å². The molecule has 3 heteroatoms. The largest absolute Gasteiger partial charge is 0.483 e. The summed E-state index contributed by atoms with van der Waals surface area (Å²) in [6, 6.07) is 10.7. The maximum absolute atomic E-state index is 8.36. The van der Waals surface area contributed by atoms with Crippen LogP contribution in [0.25, 0.3) is 0 Å². The summed E-state index contributed by atoms with van der Waals surface area (Å²) in [6.07, 6.45) is 6.28. The molecule has 3 N–H and O–H groups in total. The summed E-state index contributed by atoms with van der Waals surface area (Å²) in [5.74, 6) is 0. The first-order chi connectivity index (χ1) is 7.85. The third kappa shape index (κ3) is 9.21. The van der Waals surface area contributed by atoms with Gasteiger partial charge in [-0.25, -0.2) is 0 Å². The van der Waals surface area contributed by atoms with E-state index in [0.717, 1.165) is 6.54 Å². The summed E-state index contributed by atoms with van der Waals surface area (Å²) in [4.78, 5) is 8.36. The van der Waals surface area contributed by atoms with E-state index < -0.39 is 0 Å². The van der Waals surface area contributed by atoms with Gasteiger partial charge < -0.3 is 10.8 Å². The van der Waals surface area contributed by atoms with Crippen LogP contribution in [0, 0.1) is 0 Å². The molecule has 0 saturated heterocycles. The lowest BCUT2D eigenvalue weighted by Gasteiger charge is -2.00. The maximum atomic E-state index is 8.36. The van der Waals surface area contributed by atoms with Gasteiger partial charge in [0, 0.05) is 0 Å². The van der Waals surface area contributed by atoms with Gasteiger partial charge in [-0.15, -0.1) is 0 Å². The first-order valence-corrected chi connectivity index (χ1v) is 5.67. The zero-order valence-electron chi connectivity index (χ0n) is 9.64. The molecular weight excluding hydrogens is 202 g/mol. The summed E-state index contributed by atoms with van der Waals surface area (Å²) >= 11 is 0. The van der Waals surface area contributed by atoms with Crippen molar-refractivity contribution in [2.45, 2.75) is 32.1 Å². The highest BCUT2D eigenvalue weighted by Gasteiger charge is 1.91. The van der Waals surface area contributed by atoms with Crippen LogP contribution in [0.3, 0.4) is 0 Å². The smallest absolute Gasteiger partial charge is 0.290 e. The van der Waals surface area contributed by atoms with E-state index in [2.05, 4.69) is 30.3 Å². The van der Waals surface area contributed by atoms with Crippen molar-refractivity contribution >= 4 is 6.47 Å². The molecule has 0 saturated carbocycles. The highest BCUT2D eigenvalue weighted by molar-refractivity contribution is 5.32. The molecule has 0 heterocycles. The minimum absolute atomic E-state index is 0.250. The van der Waals surface area contributed by atoms with Crippen LogP contribution in [0.2, 0.25) is 0 Å². The van der Waals surface area contributed by atoms with E-state index in [9.17, 15) is 0 Å². The number of aryl methyl sites for hydroxylation is 1. The average molecular weight is 223 g/mol. The molecule has 0 aliphatic heterocycles. The van der Waals surface area contributed by atoms with Crippen LogP contribution in [0.4, 0.5) is 0 Å². The molecule has 0 amide bonds. The van der Waals surface area contributed by atoms with Gasteiger partial charge in [-0.2, -0.15) is 0 Å². The molecule has 0 aliphatic rings. The molecular formula is C13H21NO2. The van der Waals surface area contributed by atoms with Crippen LogP contribution < -0.4 is 5.73 Å². The number of rotatable bonds is 6. The third-order valence-electron chi connectivity index (χ3n) is 2.26. The Balaban J connectivity index is 0.000000673. The van der Waals surface area contributed by atoms with E-state index in [1.165, 1.54) is 37.7 Å². The Morgan fingerprint density at radius 3 is 2.19 bits per heavy atom. The van der Waals surface area contributed by atoms with E-state index in [1.807, 2.05) is 0 Å². The van der Waals surface area contributed by atoms with Gasteiger partial charge in [0.15, 0.2) is 0 Å². The second-order valence-corrected chi connectivity index (χ2v) is 3.54. The molecule has 0 spiro atoms. The molecule has 0 bridgehead atoms. The van der Waals surface area contributed by atoms with Crippen LogP contribution >= 0.6 is 0 Å². The number of unbranched alkanes of at least 4 members (excludes halogenated alkanes) is 3. The van der Waals surface area contributed by atoms with E-state index in [-0.39, 0.29) is 6.47 Å². The number of hydrogen-bond acceptors (Lipinski definition) is 2. The summed E-state index contributed by atoms with van der Waals surface area (Å²) in [5, 5.41) is 6.89. The van der Waals surface area contributed by atoms with Gasteiger partial charge in [0.2, 0.25) is 0 Å². The Morgan fingerprint density at radius 1 is 1.06 bits per heavy atom. The number of carboxylic acid groups (broad SMARTS) is 1. The van der Waals surface area contributed by atoms with Crippen LogP contribution in [-0.2, 0) is 11.2 Å². The summed E-state index contributed by atoms with van der Waals surface area (Å²) in [6.45, 7) is 0.589. The summed E-state index contributed by atoms with van der Waals surface area (Å²) < 4.78 is 0. The fourth-order valence-corrected chi connectivity index (χ4v) is 1.47. The van der Waals surface area contributed by atoms with E-state index in [0.29, 0.717) is 0 Å². The molecule has 0 atom stereocenters. The van der Waals surface area contributed by atoms with Crippen molar-refractivity contribution < 1.29 is 9.90 Å². The summed E-state index contributed by atoms with van der Waals surface area (Å²) in [5.41, 5.74) is 6.88. The number of nitrogens with two attached hydrogens (primary N) is 1. The average Bonchev–Trinajstić information content (AvgIpc) is 2.31. The molecule has 0 fully saturated rings. The van der Waals surface area contributed by atoms with Crippen molar-refractivity contribution in [2.24, 2.45) is 5.73 Å². The Morgan fingerprint density at radius 2 is 1.62 bits per heavy atom. The van der Waals surface area contributed by atoms with Gasteiger partial charge >= 0.3 is 0 Å². The Hall–Kier alpha value is -1.35. The van der Waals surface area contributed by atoms with E-state index in [1.54, 1.807) is 0 Å². The van der Waals surface area contributed by atoms with Gasteiger partial charge in [0.1, 0.15) is 0 Å². The molecule has 1 aromatic rings. The SMILES string of the molecule is NCCCCCCc1ccccc1.O=CO. The zero-order chi connectivity index (χ0) is 12.1. The highest BCUT2D eigenvalue weighted by Crippen LogP contribution is 2.06. The highest BCUT2D eigenvalue weighted by atomic mass is 16.3. The normalized spacial score (nSPS) is 9.06. The van der Waals surface area contributed by atoms with Crippen LogP contribution in [0.15, 0.2) is 30.3 Å². The Labute approximate surface area is 97.3 Å². The van der Waals surface area contributed by atoms with Crippen LogP contribution in [-0.4, -0.2) is 18.1 Å². The maximum Gasteiger partial charge on any atom is 0.290 e.